The first kappa shape index (κ1) is 12.2. The molecule has 1 aliphatic carbocycles. The average Bonchev–Trinajstić information content (AvgIpc) is 2.69. The number of benzene rings is 1. The minimum absolute atomic E-state index is 0.470. The molecule has 1 aromatic carbocycles. The molecule has 1 nitrogen and oxygen atoms in total. The van der Waals surface area contributed by atoms with Gasteiger partial charge < -0.3 is 5.32 Å². The van der Waals surface area contributed by atoms with Crippen molar-refractivity contribution in [2.45, 2.75) is 45.2 Å². The van der Waals surface area contributed by atoms with Crippen LogP contribution in [0.3, 0.4) is 0 Å². The van der Waals surface area contributed by atoms with E-state index in [1.807, 2.05) is 11.3 Å². The highest BCUT2D eigenvalue weighted by molar-refractivity contribution is 7.19. The molecule has 1 saturated carbocycles. The van der Waals surface area contributed by atoms with Crippen LogP contribution in [-0.4, -0.2) is 6.04 Å². The quantitative estimate of drug-likeness (QED) is 0.836. The zero-order valence-electron chi connectivity index (χ0n) is 11.1. The van der Waals surface area contributed by atoms with Crippen molar-refractivity contribution in [1.82, 2.24) is 5.32 Å². The Hall–Kier alpha value is -0.860. The maximum absolute atomic E-state index is 3.77. The summed E-state index contributed by atoms with van der Waals surface area (Å²) in [6.07, 6.45) is 4.24. The van der Waals surface area contributed by atoms with Crippen LogP contribution in [0.5, 0.6) is 0 Å². The molecule has 1 heterocycles. The minimum atomic E-state index is 0.470. The van der Waals surface area contributed by atoms with E-state index in [9.17, 15) is 0 Å². The highest BCUT2D eigenvalue weighted by Gasteiger charge is 2.25. The zero-order valence-corrected chi connectivity index (χ0v) is 12.0. The van der Waals surface area contributed by atoms with Crippen molar-refractivity contribution in [3.63, 3.8) is 0 Å². The minimum Gasteiger partial charge on any atom is -0.307 e. The maximum atomic E-state index is 3.77. The van der Waals surface area contributed by atoms with Crippen LogP contribution >= 0.6 is 11.3 Å². The number of nitrogens with one attached hydrogen (secondary N) is 1. The summed E-state index contributed by atoms with van der Waals surface area (Å²) >= 11 is 1.92. The molecule has 1 aliphatic rings. The smallest absolute Gasteiger partial charge is 0.0388 e. The SMILES string of the molecule is CC(NC(C)C1CCC1)c1cc2ccccc2s1. The molecule has 0 amide bonds. The van der Waals surface area contributed by atoms with Crippen molar-refractivity contribution in [2.24, 2.45) is 5.92 Å². The van der Waals surface area contributed by atoms with E-state index in [-0.39, 0.29) is 0 Å². The molecule has 3 rings (SSSR count). The lowest BCUT2D eigenvalue weighted by Crippen LogP contribution is -2.38. The van der Waals surface area contributed by atoms with Gasteiger partial charge in [0.05, 0.1) is 0 Å². The van der Waals surface area contributed by atoms with Crippen LogP contribution in [0.25, 0.3) is 10.1 Å². The number of rotatable bonds is 4. The lowest BCUT2D eigenvalue weighted by atomic mass is 9.80. The first-order chi connectivity index (χ1) is 8.74. The summed E-state index contributed by atoms with van der Waals surface area (Å²) in [6, 6.07) is 12.1. The Morgan fingerprint density at radius 2 is 2.00 bits per heavy atom. The number of fused-ring (bicyclic) bond motifs is 1. The van der Waals surface area contributed by atoms with Crippen LogP contribution in [0.4, 0.5) is 0 Å². The van der Waals surface area contributed by atoms with Crippen LogP contribution in [0.2, 0.25) is 0 Å². The van der Waals surface area contributed by atoms with Gasteiger partial charge in [-0.15, -0.1) is 11.3 Å². The summed E-state index contributed by atoms with van der Waals surface area (Å²) in [4.78, 5) is 1.46. The second-order valence-electron chi connectivity index (χ2n) is 5.55. The Balaban J connectivity index is 1.72. The van der Waals surface area contributed by atoms with Gasteiger partial charge in [-0.2, -0.15) is 0 Å². The van der Waals surface area contributed by atoms with Gasteiger partial charge in [-0.25, -0.2) is 0 Å². The lowest BCUT2D eigenvalue weighted by molar-refractivity contribution is 0.230. The van der Waals surface area contributed by atoms with Gasteiger partial charge in [0, 0.05) is 21.7 Å². The third kappa shape index (κ3) is 2.32. The van der Waals surface area contributed by atoms with Crippen LogP contribution in [0.1, 0.15) is 44.0 Å². The van der Waals surface area contributed by atoms with Crippen LogP contribution in [0.15, 0.2) is 30.3 Å². The molecule has 0 bridgehead atoms. The molecular weight excluding hydrogens is 238 g/mol. The Labute approximate surface area is 113 Å². The maximum Gasteiger partial charge on any atom is 0.0388 e. The third-order valence-electron chi connectivity index (χ3n) is 4.24. The fourth-order valence-corrected chi connectivity index (χ4v) is 3.84. The molecule has 1 N–H and O–H groups in total. The highest BCUT2D eigenvalue weighted by Crippen LogP contribution is 2.33. The molecule has 2 atom stereocenters. The molecule has 2 unspecified atom stereocenters. The normalized spacial score (nSPS) is 19.7. The Bertz CT molecular complexity index is 494. The molecule has 0 aliphatic heterocycles. The Morgan fingerprint density at radius 1 is 1.22 bits per heavy atom. The van der Waals surface area contributed by atoms with Gasteiger partial charge in [0.1, 0.15) is 0 Å². The topological polar surface area (TPSA) is 12.0 Å². The average molecular weight is 259 g/mol. The van der Waals surface area contributed by atoms with E-state index < -0.39 is 0 Å². The van der Waals surface area contributed by atoms with E-state index in [0.29, 0.717) is 12.1 Å². The van der Waals surface area contributed by atoms with E-state index in [1.54, 1.807) is 0 Å². The molecule has 2 aromatic rings. The lowest BCUT2D eigenvalue weighted by Gasteiger charge is -2.33. The molecular formula is C16H21NS. The molecule has 18 heavy (non-hydrogen) atoms. The second-order valence-corrected chi connectivity index (χ2v) is 6.67. The van der Waals surface area contributed by atoms with E-state index in [1.165, 1.54) is 34.2 Å². The summed E-state index contributed by atoms with van der Waals surface area (Å²) in [7, 11) is 0. The molecule has 96 valence electrons. The zero-order chi connectivity index (χ0) is 12.5. The number of hydrogen-bond donors (Lipinski definition) is 1. The molecule has 1 aromatic heterocycles. The van der Waals surface area contributed by atoms with Crippen molar-refractivity contribution < 1.29 is 0 Å². The van der Waals surface area contributed by atoms with Gasteiger partial charge in [0.15, 0.2) is 0 Å². The molecule has 0 spiro atoms. The van der Waals surface area contributed by atoms with Crippen LogP contribution < -0.4 is 5.32 Å². The molecule has 0 radical (unpaired) electrons. The summed E-state index contributed by atoms with van der Waals surface area (Å²) in [6.45, 7) is 4.63. The fraction of sp³-hybridized carbons (Fsp3) is 0.500. The predicted octanol–water partition coefficient (Wildman–Crippen LogP) is 4.74. The van der Waals surface area contributed by atoms with E-state index >= 15 is 0 Å². The standard InChI is InChI=1S/C16H21NS/c1-11(13-7-5-8-13)17-12(2)16-10-14-6-3-4-9-15(14)18-16/h3-4,6,9-13,17H,5,7-8H2,1-2H3. The van der Waals surface area contributed by atoms with Gasteiger partial charge in [0.25, 0.3) is 0 Å². The summed E-state index contributed by atoms with van der Waals surface area (Å²) < 4.78 is 1.40. The van der Waals surface area contributed by atoms with Crippen LogP contribution in [-0.2, 0) is 0 Å². The van der Waals surface area contributed by atoms with E-state index in [2.05, 4.69) is 49.5 Å². The van der Waals surface area contributed by atoms with Crippen molar-refractivity contribution in [3.8, 4) is 0 Å². The van der Waals surface area contributed by atoms with Gasteiger partial charge >= 0.3 is 0 Å². The van der Waals surface area contributed by atoms with E-state index in [0.717, 1.165) is 5.92 Å². The number of hydrogen-bond acceptors (Lipinski definition) is 2. The number of thiophene rings is 1. The highest BCUT2D eigenvalue weighted by atomic mass is 32.1. The van der Waals surface area contributed by atoms with Gasteiger partial charge in [-0.1, -0.05) is 24.6 Å². The summed E-state index contributed by atoms with van der Waals surface area (Å²) in [5.74, 6) is 0.904. The fourth-order valence-electron chi connectivity index (χ4n) is 2.77. The Kier molecular flexibility index (Phi) is 3.40. The summed E-state index contributed by atoms with van der Waals surface area (Å²) in [5, 5.41) is 5.15. The molecule has 1 fully saturated rings. The second kappa shape index (κ2) is 5.02. The Morgan fingerprint density at radius 3 is 2.67 bits per heavy atom. The van der Waals surface area contributed by atoms with Gasteiger partial charge in [0.2, 0.25) is 0 Å². The predicted molar refractivity (Wildman–Crippen MR) is 80.2 cm³/mol. The van der Waals surface area contributed by atoms with Crippen molar-refractivity contribution in [1.29, 1.82) is 0 Å². The van der Waals surface area contributed by atoms with Crippen molar-refractivity contribution in [2.75, 3.05) is 0 Å². The monoisotopic (exact) mass is 259 g/mol. The molecule has 0 saturated heterocycles. The first-order valence-electron chi connectivity index (χ1n) is 6.98. The summed E-state index contributed by atoms with van der Waals surface area (Å²) in [5.41, 5.74) is 0. The molecule has 2 heteroatoms. The van der Waals surface area contributed by atoms with Crippen LogP contribution in [0, 0.1) is 5.92 Å². The third-order valence-corrected chi connectivity index (χ3v) is 5.54. The first-order valence-corrected chi connectivity index (χ1v) is 7.80. The van der Waals surface area contributed by atoms with Crippen molar-refractivity contribution >= 4 is 21.4 Å². The largest absolute Gasteiger partial charge is 0.307 e. The van der Waals surface area contributed by atoms with Gasteiger partial charge in [-0.3, -0.25) is 0 Å². The van der Waals surface area contributed by atoms with E-state index in [4.69, 9.17) is 0 Å². The van der Waals surface area contributed by atoms with Gasteiger partial charge in [-0.05, 0) is 50.1 Å². The van der Waals surface area contributed by atoms with Crippen molar-refractivity contribution in [3.05, 3.63) is 35.2 Å².